The zero-order valence-electron chi connectivity index (χ0n) is 17.5. The van der Waals surface area contributed by atoms with Crippen molar-refractivity contribution >= 4 is 11.6 Å². The van der Waals surface area contributed by atoms with E-state index in [1.54, 1.807) is 24.5 Å². The van der Waals surface area contributed by atoms with Crippen molar-refractivity contribution in [3.05, 3.63) is 83.9 Å². The van der Waals surface area contributed by atoms with Crippen LogP contribution in [0.2, 0.25) is 0 Å². The Balaban J connectivity index is 1.55. The number of nitrogens with zero attached hydrogens (tertiary/aromatic N) is 3. The van der Waals surface area contributed by atoms with Crippen LogP contribution in [-0.2, 0) is 6.42 Å². The predicted molar refractivity (Wildman–Crippen MR) is 120 cm³/mol. The van der Waals surface area contributed by atoms with Gasteiger partial charge < -0.3 is 9.80 Å². The quantitative estimate of drug-likeness (QED) is 0.378. The Hall–Kier alpha value is -3.29. The first-order valence-electron chi connectivity index (χ1n) is 10.3. The Morgan fingerprint density at radius 1 is 1.10 bits per heavy atom. The van der Waals surface area contributed by atoms with Crippen LogP contribution < -0.4 is 16.2 Å². The van der Waals surface area contributed by atoms with Crippen LogP contribution >= 0.6 is 0 Å². The molecule has 0 radical (unpaired) electrons. The van der Waals surface area contributed by atoms with Crippen LogP contribution in [0.1, 0.15) is 15.9 Å². The highest BCUT2D eigenvalue weighted by molar-refractivity contribution is 5.93. The molecule has 1 aliphatic rings. The second-order valence-corrected chi connectivity index (χ2v) is 7.88. The number of pyridine rings is 1. The second-order valence-electron chi connectivity index (χ2n) is 7.88. The smallest absolute Gasteiger partial charge is 0.265 e. The lowest BCUT2D eigenvalue weighted by molar-refractivity contribution is 0.0953. The lowest BCUT2D eigenvalue weighted by atomic mass is 9.99. The van der Waals surface area contributed by atoms with Gasteiger partial charge >= 0.3 is 0 Å². The molecule has 3 aromatic rings. The van der Waals surface area contributed by atoms with Crippen molar-refractivity contribution in [3.8, 4) is 11.1 Å². The summed E-state index contributed by atoms with van der Waals surface area (Å²) in [4.78, 5) is 20.3. The summed E-state index contributed by atoms with van der Waals surface area (Å²) in [6.07, 6.45) is 4.13. The van der Waals surface area contributed by atoms with Crippen LogP contribution in [0.5, 0.6) is 0 Å². The molecule has 31 heavy (non-hydrogen) atoms. The molecule has 6 nitrogen and oxygen atoms in total. The highest BCUT2D eigenvalue weighted by Crippen LogP contribution is 2.27. The van der Waals surface area contributed by atoms with Crippen molar-refractivity contribution in [3.63, 3.8) is 0 Å². The molecule has 0 spiro atoms. The summed E-state index contributed by atoms with van der Waals surface area (Å²) in [7, 11) is 2.09. The number of anilines is 1. The fraction of sp³-hybridized carbons (Fsp3) is 0.250. The van der Waals surface area contributed by atoms with Crippen molar-refractivity contribution in [2.75, 3.05) is 31.6 Å². The molecule has 1 saturated heterocycles. The Labute approximate surface area is 181 Å². The maximum atomic E-state index is 14.7. The van der Waals surface area contributed by atoms with Gasteiger partial charge in [0, 0.05) is 49.3 Å². The number of halogens is 1. The van der Waals surface area contributed by atoms with Crippen molar-refractivity contribution in [2.45, 2.75) is 12.5 Å². The monoisotopic (exact) mass is 419 g/mol. The minimum Gasteiger partial charge on any atom is -0.366 e. The molecule has 0 aliphatic carbocycles. The summed E-state index contributed by atoms with van der Waals surface area (Å²) in [6.45, 7) is 2.64. The number of carbonyl (C=O) groups is 1. The molecule has 0 bridgehead atoms. The molecular formula is C24H26FN5O. The zero-order valence-corrected chi connectivity index (χ0v) is 17.5. The summed E-state index contributed by atoms with van der Waals surface area (Å²) in [5.41, 5.74) is 6.22. The second kappa shape index (κ2) is 9.24. The standard InChI is InChI=1S/C24H26FN5O/c1-29-12-13-30(21-6-4-17(5-7-21)18-8-10-27-11-9-18)22(16-29)14-19-2-3-20(15-23(19)25)24(31)28-26/h2-11,15,22H,12-14,16,26H2,1H3,(H,28,31). The number of piperazine rings is 1. The molecule has 1 aliphatic heterocycles. The van der Waals surface area contributed by atoms with Gasteiger partial charge in [-0.3, -0.25) is 15.2 Å². The van der Waals surface area contributed by atoms with Gasteiger partial charge in [0.1, 0.15) is 5.82 Å². The summed E-state index contributed by atoms with van der Waals surface area (Å²) >= 11 is 0. The maximum absolute atomic E-state index is 14.7. The molecule has 7 heteroatoms. The number of aromatic nitrogens is 1. The first kappa shape index (κ1) is 21.0. The number of carbonyl (C=O) groups excluding carboxylic acids is 1. The number of benzene rings is 2. The van der Waals surface area contributed by atoms with Crippen LogP contribution in [0, 0.1) is 5.82 Å². The minimum absolute atomic E-state index is 0.120. The highest BCUT2D eigenvalue weighted by Gasteiger charge is 2.27. The van der Waals surface area contributed by atoms with Gasteiger partial charge in [-0.1, -0.05) is 18.2 Å². The van der Waals surface area contributed by atoms with E-state index in [9.17, 15) is 9.18 Å². The SMILES string of the molecule is CN1CCN(c2ccc(-c3ccncc3)cc2)C(Cc2ccc(C(=O)NN)cc2F)C1. The summed E-state index contributed by atoms with van der Waals surface area (Å²) < 4.78 is 14.7. The number of nitrogens with two attached hydrogens (primary N) is 1. The van der Waals surface area contributed by atoms with E-state index in [0.717, 1.165) is 36.4 Å². The lowest BCUT2D eigenvalue weighted by Crippen LogP contribution is -2.53. The van der Waals surface area contributed by atoms with Crippen LogP contribution in [0.25, 0.3) is 11.1 Å². The number of nitrogen functional groups attached to an aromatic ring is 1. The van der Waals surface area contributed by atoms with Gasteiger partial charge in [-0.05, 0) is 66.6 Å². The zero-order chi connectivity index (χ0) is 21.8. The van der Waals surface area contributed by atoms with E-state index in [0.29, 0.717) is 12.0 Å². The third-order valence-corrected chi connectivity index (χ3v) is 5.80. The largest absolute Gasteiger partial charge is 0.366 e. The molecule has 1 atom stereocenters. The number of hydrogen-bond acceptors (Lipinski definition) is 5. The average Bonchev–Trinajstić information content (AvgIpc) is 2.81. The van der Waals surface area contributed by atoms with Gasteiger partial charge in [0.2, 0.25) is 0 Å². The van der Waals surface area contributed by atoms with Crippen molar-refractivity contribution in [1.82, 2.24) is 15.3 Å². The van der Waals surface area contributed by atoms with Crippen molar-refractivity contribution in [1.29, 1.82) is 0 Å². The van der Waals surface area contributed by atoms with E-state index < -0.39 is 5.91 Å². The number of amides is 1. The average molecular weight is 420 g/mol. The van der Waals surface area contributed by atoms with Gasteiger partial charge in [0.25, 0.3) is 5.91 Å². The third-order valence-electron chi connectivity index (χ3n) is 5.80. The van der Waals surface area contributed by atoms with Crippen LogP contribution in [0.15, 0.2) is 67.0 Å². The van der Waals surface area contributed by atoms with Crippen molar-refractivity contribution in [2.24, 2.45) is 5.84 Å². The van der Waals surface area contributed by atoms with Gasteiger partial charge in [-0.2, -0.15) is 0 Å². The summed E-state index contributed by atoms with van der Waals surface area (Å²) in [5, 5.41) is 0. The van der Waals surface area contributed by atoms with E-state index in [1.165, 1.54) is 6.07 Å². The Morgan fingerprint density at radius 3 is 2.48 bits per heavy atom. The van der Waals surface area contributed by atoms with Crippen molar-refractivity contribution < 1.29 is 9.18 Å². The van der Waals surface area contributed by atoms with Crippen LogP contribution in [0.3, 0.4) is 0 Å². The van der Waals surface area contributed by atoms with E-state index in [2.05, 4.69) is 46.1 Å². The number of nitrogens with one attached hydrogen (secondary N) is 1. The van der Waals surface area contributed by atoms with Gasteiger partial charge in [-0.15, -0.1) is 0 Å². The molecule has 1 amide bonds. The van der Waals surface area contributed by atoms with E-state index in [-0.39, 0.29) is 17.4 Å². The summed E-state index contributed by atoms with van der Waals surface area (Å²) in [5.74, 6) is 4.26. The maximum Gasteiger partial charge on any atom is 0.265 e. The fourth-order valence-electron chi connectivity index (χ4n) is 4.11. The van der Waals surface area contributed by atoms with E-state index >= 15 is 0 Å². The Morgan fingerprint density at radius 2 is 1.81 bits per heavy atom. The van der Waals surface area contributed by atoms with Gasteiger partial charge in [-0.25, -0.2) is 10.2 Å². The molecule has 2 aromatic carbocycles. The molecule has 1 unspecified atom stereocenters. The summed E-state index contributed by atoms with van der Waals surface area (Å²) in [6, 6.07) is 17.1. The molecule has 3 N–H and O–H groups in total. The molecule has 0 saturated carbocycles. The molecular weight excluding hydrogens is 393 g/mol. The molecule has 160 valence electrons. The molecule has 2 heterocycles. The van der Waals surface area contributed by atoms with Gasteiger partial charge in [0.05, 0.1) is 0 Å². The topological polar surface area (TPSA) is 74.5 Å². The lowest BCUT2D eigenvalue weighted by Gasteiger charge is -2.42. The number of hydrogen-bond donors (Lipinski definition) is 2. The van der Waals surface area contributed by atoms with E-state index in [1.807, 2.05) is 17.6 Å². The fourth-order valence-corrected chi connectivity index (χ4v) is 4.11. The van der Waals surface area contributed by atoms with Crippen LogP contribution in [0.4, 0.5) is 10.1 Å². The molecule has 1 aromatic heterocycles. The number of rotatable bonds is 5. The van der Waals surface area contributed by atoms with E-state index in [4.69, 9.17) is 5.84 Å². The van der Waals surface area contributed by atoms with Gasteiger partial charge in [0.15, 0.2) is 0 Å². The first-order valence-corrected chi connectivity index (χ1v) is 10.3. The number of hydrazine groups is 1. The Bertz CT molecular complexity index is 1040. The number of likely N-dealkylation sites (N-methyl/N-ethyl adjacent to an activating group) is 1. The molecule has 4 rings (SSSR count). The minimum atomic E-state index is -0.501. The highest BCUT2D eigenvalue weighted by atomic mass is 19.1. The van der Waals surface area contributed by atoms with Crippen LogP contribution in [-0.4, -0.2) is 48.5 Å². The normalized spacial score (nSPS) is 16.9. The third kappa shape index (κ3) is 4.73. The first-order chi connectivity index (χ1) is 15.0. The Kier molecular flexibility index (Phi) is 6.25. The molecule has 1 fully saturated rings. The predicted octanol–water partition coefficient (Wildman–Crippen LogP) is 2.85.